The molecule has 0 aliphatic carbocycles. The Balaban J connectivity index is 1.25. The number of benzene rings is 7. The Morgan fingerprint density at radius 1 is 0.429 bits per heavy atom. The minimum atomic E-state index is 0.715. The Kier molecular flexibility index (Phi) is 5.51. The van der Waals surface area contributed by atoms with Crippen molar-refractivity contribution in [2.24, 2.45) is 0 Å². The molecule has 0 fully saturated rings. The van der Waals surface area contributed by atoms with Gasteiger partial charge in [-0.2, -0.15) is 0 Å². The first-order chi connectivity index (χ1) is 24.3. The highest BCUT2D eigenvalue weighted by molar-refractivity contribution is 7.25. The van der Waals surface area contributed by atoms with Crippen LogP contribution in [0, 0.1) is 0 Å². The summed E-state index contributed by atoms with van der Waals surface area (Å²) in [6, 6.07) is 56.5. The normalized spacial score (nSPS) is 12.1. The first kappa shape index (κ1) is 26.7. The van der Waals surface area contributed by atoms with E-state index >= 15 is 0 Å². The molecule has 4 nitrogen and oxygen atoms in total. The van der Waals surface area contributed by atoms with E-state index in [1.54, 1.807) is 11.3 Å². The summed E-state index contributed by atoms with van der Waals surface area (Å²) in [7, 11) is 0. The average Bonchev–Trinajstić information content (AvgIpc) is 3.81. The van der Waals surface area contributed by atoms with E-state index in [9.17, 15) is 0 Å². The number of hydrogen-bond acceptors (Lipinski definition) is 3. The van der Waals surface area contributed by atoms with Crippen molar-refractivity contribution in [1.82, 2.24) is 19.1 Å². The molecule has 11 aromatic rings. The van der Waals surface area contributed by atoms with Crippen molar-refractivity contribution in [3.05, 3.63) is 158 Å². The Bertz CT molecular complexity index is 3110. The van der Waals surface area contributed by atoms with Crippen LogP contribution in [0.2, 0.25) is 0 Å². The van der Waals surface area contributed by atoms with Crippen LogP contribution >= 0.6 is 11.3 Å². The third kappa shape index (κ3) is 3.85. The quantitative estimate of drug-likeness (QED) is 0.192. The van der Waals surface area contributed by atoms with Crippen LogP contribution in [0.25, 0.3) is 97.6 Å². The molecule has 0 radical (unpaired) electrons. The van der Waals surface area contributed by atoms with Gasteiger partial charge in [0, 0.05) is 42.9 Å². The predicted molar refractivity (Wildman–Crippen MR) is 207 cm³/mol. The van der Waals surface area contributed by atoms with Gasteiger partial charge in [-0.05, 0) is 59.3 Å². The third-order valence-electron chi connectivity index (χ3n) is 9.92. The van der Waals surface area contributed by atoms with Crippen LogP contribution in [-0.2, 0) is 0 Å². The zero-order valence-electron chi connectivity index (χ0n) is 26.2. The van der Waals surface area contributed by atoms with Crippen LogP contribution < -0.4 is 0 Å². The van der Waals surface area contributed by atoms with Crippen LogP contribution in [-0.4, -0.2) is 19.1 Å². The average molecular weight is 643 g/mol. The molecule has 0 bridgehead atoms. The summed E-state index contributed by atoms with van der Waals surface area (Å²) in [5, 5.41) is 9.57. The topological polar surface area (TPSA) is 35.6 Å². The van der Waals surface area contributed by atoms with E-state index in [0.717, 1.165) is 43.8 Å². The number of thiophene rings is 1. The maximum absolute atomic E-state index is 5.53. The summed E-state index contributed by atoms with van der Waals surface area (Å²) in [5.74, 6) is 1.62. The van der Waals surface area contributed by atoms with E-state index in [-0.39, 0.29) is 0 Å². The van der Waals surface area contributed by atoms with Crippen molar-refractivity contribution in [2.75, 3.05) is 0 Å². The second-order valence-electron chi connectivity index (χ2n) is 12.6. The lowest BCUT2D eigenvalue weighted by atomic mass is 10.1. The van der Waals surface area contributed by atoms with Crippen molar-refractivity contribution >= 4 is 86.0 Å². The highest BCUT2D eigenvalue weighted by Crippen LogP contribution is 2.42. The van der Waals surface area contributed by atoms with Crippen molar-refractivity contribution in [3.8, 4) is 22.9 Å². The van der Waals surface area contributed by atoms with E-state index in [4.69, 9.17) is 9.97 Å². The maximum atomic E-state index is 5.53. The molecule has 4 heterocycles. The third-order valence-corrected chi connectivity index (χ3v) is 11.0. The summed E-state index contributed by atoms with van der Waals surface area (Å²) >= 11 is 1.73. The highest BCUT2D eigenvalue weighted by atomic mass is 32.1. The van der Waals surface area contributed by atoms with Gasteiger partial charge in [0.2, 0.25) is 0 Å². The monoisotopic (exact) mass is 642 g/mol. The Hall–Kier alpha value is -6.30. The molecule has 0 saturated heterocycles. The fourth-order valence-corrected chi connectivity index (χ4v) is 8.81. The number of hydrogen-bond donors (Lipinski definition) is 0. The van der Waals surface area contributed by atoms with E-state index in [2.05, 4.69) is 167 Å². The lowest BCUT2D eigenvalue weighted by molar-refractivity contribution is 1.08. The number of nitrogens with zero attached hydrogens (tertiary/aromatic N) is 4. The predicted octanol–water partition coefficient (Wildman–Crippen LogP) is 11.9. The Labute approximate surface area is 284 Å². The standard InChI is InChI=1S/C44H26N4S/c1-2-14-30(15-3-1)47-36-19-9-6-16-31(36)33-23-22-29(26-38(33)47)42-45-43(41-34-18-8-11-21-40(34)49-44(41)46-42)48-37-20-10-7-17-32(37)35-24-27-12-4-5-13-28(27)25-39(35)48/h1-26H. The van der Waals surface area contributed by atoms with Gasteiger partial charge in [-0.25, -0.2) is 9.97 Å². The highest BCUT2D eigenvalue weighted by Gasteiger charge is 2.22. The molecule has 0 amide bonds. The van der Waals surface area contributed by atoms with Gasteiger partial charge >= 0.3 is 0 Å². The minimum Gasteiger partial charge on any atom is -0.309 e. The molecule has 7 aromatic carbocycles. The second kappa shape index (κ2) is 10.1. The van der Waals surface area contributed by atoms with Crippen LogP contribution in [0.4, 0.5) is 0 Å². The number of rotatable bonds is 3. The molecule has 228 valence electrons. The molecule has 0 unspecified atom stereocenters. The van der Waals surface area contributed by atoms with E-state index in [1.165, 1.54) is 47.9 Å². The minimum absolute atomic E-state index is 0.715. The molecule has 0 spiro atoms. The zero-order valence-corrected chi connectivity index (χ0v) is 27.0. The van der Waals surface area contributed by atoms with Gasteiger partial charge < -0.3 is 4.57 Å². The van der Waals surface area contributed by atoms with Gasteiger partial charge in [-0.1, -0.05) is 109 Å². The van der Waals surface area contributed by atoms with Crippen LogP contribution in [0.3, 0.4) is 0 Å². The van der Waals surface area contributed by atoms with Crippen molar-refractivity contribution in [3.63, 3.8) is 0 Å². The molecular weight excluding hydrogens is 617 g/mol. The molecule has 0 aliphatic heterocycles. The molecule has 0 N–H and O–H groups in total. The molecule has 11 rings (SSSR count). The van der Waals surface area contributed by atoms with Crippen LogP contribution in [0.15, 0.2) is 158 Å². The zero-order chi connectivity index (χ0) is 32.1. The van der Waals surface area contributed by atoms with E-state index in [1.807, 2.05) is 0 Å². The molecule has 4 aromatic heterocycles. The largest absolute Gasteiger partial charge is 0.309 e. The summed E-state index contributed by atoms with van der Waals surface area (Å²) in [4.78, 5) is 11.8. The van der Waals surface area contributed by atoms with E-state index < -0.39 is 0 Å². The lowest BCUT2D eigenvalue weighted by Crippen LogP contribution is -2.02. The summed E-state index contributed by atoms with van der Waals surface area (Å²) < 4.78 is 5.92. The lowest BCUT2D eigenvalue weighted by Gasteiger charge is -2.12. The SMILES string of the molecule is c1ccc(-n2c3ccccc3c3ccc(-c4nc(-n5c6ccccc6c6cc7ccccc7cc65)c5c(n4)sc4ccccc45)cc32)cc1. The molecule has 0 saturated carbocycles. The molecule has 0 atom stereocenters. The number of para-hydroxylation sites is 3. The Morgan fingerprint density at radius 3 is 1.86 bits per heavy atom. The van der Waals surface area contributed by atoms with E-state index in [0.29, 0.717) is 5.82 Å². The molecule has 49 heavy (non-hydrogen) atoms. The first-order valence-electron chi connectivity index (χ1n) is 16.5. The van der Waals surface area contributed by atoms with Crippen molar-refractivity contribution < 1.29 is 0 Å². The fraction of sp³-hybridized carbons (Fsp3) is 0. The summed E-state index contributed by atoms with van der Waals surface area (Å²) in [5.41, 5.74) is 6.70. The fourth-order valence-electron chi connectivity index (χ4n) is 7.74. The second-order valence-corrected chi connectivity index (χ2v) is 13.7. The van der Waals surface area contributed by atoms with Gasteiger partial charge in [0.1, 0.15) is 4.83 Å². The first-order valence-corrected chi connectivity index (χ1v) is 17.3. The van der Waals surface area contributed by atoms with Gasteiger partial charge in [-0.15, -0.1) is 11.3 Å². The molecule has 0 aliphatic rings. The Morgan fingerprint density at radius 2 is 1.04 bits per heavy atom. The van der Waals surface area contributed by atoms with Crippen molar-refractivity contribution in [1.29, 1.82) is 0 Å². The van der Waals surface area contributed by atoms with Gasteiger partial charge in [0.25, 0.3) is 0 Å². The summed E-state index contributed by atoms with van der Waals surface area (Å²) in [6.45, 7) is 0. The van der Waals surface area contributed by atoms with Crippen LogP contribution in [0.5, 0.6) is 0 Å². The van der Waals surface area contributed by atoms with Gasteiger partial charge in [-0.3, -0.25) is 4.57 Å². The molecule has 5 heteroatoms. The number of aromatic nitrogens is 4. The van der Waals surface area contributed by atoms with Gasteiger partial charge in [0.05, 0.1) is 27.5 Å². The van der Waals surface area contributed by atoms with Gasteiger partial charge in [0.15, 0.2) is 11.6 Å². The number of fused-ring (bicyclic) bond motifs is 10. The summed E-state index contributed by atoms with van der Waals surface area (Å²) in [6.07, 6.45) is 0. The van der Waals surface area contributed by atoms with Crippen molar-refractivity contribution in [2.45, 2.75) is 0 Å². The smallest absolute Gasteiger partial charge is 0.163 e. The molecular formula is C44H26N4S. The maximum Gasteiger partial charge on any atom is 0.163 e. The van der Waals surface area contributed by atoms with Crippen LogP contribution in [0.1, 0.15) is 0 Å².